The van der Waals surface area contributed by atoms with Gasteiger partial charge >= 0.3 is 5.97 Å². The molecule has 0 unspecified atom stereocenters. The minimum absolute atomic E-state index is 0.0398. The summed E-state index contributed by atoms with van der Waals surface area (Å²) in [5.41, 5.74) is 0. The van der Waals surface area contributed by atoms with Crippen LogP contribution in [0.5, 0.6) is 0 Å². The summed E-state index contributed by atoms with van der Waals surface area (Å²) in [5, 5.41) is 29.6. The molecule has 0 aliphatic heterocycles. The molecule has 2 rings (SSSR count). The lowest BCUT2D eigenvalue weighted by Crippen LogP contribution is -2.23. The minimum atomic E-state index is -0.876. The van der Waals surface area contributed by atoms with Gasteiger partial charge in [0, 0.05) is 37.5 Å². The molecule has 2 saturated carbocycles. The third kappa shape index (κ3) is 7.62. The molecule has 0 heterocycles. The molecule has 170 valence electrons. The summed E-state index contributed by atoms with van der Waals surface area (Å²) in [4.78, 5) is 35.1. The van der Waals surface area contributed by atoms with E-state index in [1.165, 1.54) is 19.3 Å². The van der Waals surface area contributed by atoms with E-state index >= 15 is 0 Å². The van der Waals surface area contributed by atoms with E-state index in [9.17, 15) is 24.6 Å². The molecule has 0 amide bonds. The molecular formula is C24H38O6. The Kier molecular flexibility index (Phi) is 10.2. The van der Waals surface area contributed by atoms with Crippen molar-refractivity contribution in [3.8, 4) is 0 Å². The van der Waals surface area contributed by atoms with Crippen LogP contribution in [-0.4, -0.2) is 45.1 Å². The highest BCUT2D eigenvalue weighted by atomic mass is 16.4. The zero-order valence-corrected chi connectivity index (χ0v) is 18.2. The van der Waals surface area contributed by atoms with Gasteiger partial charge in [-0.2, -0.15) is 0 Å². The molecule has 0 aromatic heterocycles. The van der Waals surface area contributed by atoms with E-state index in [4.69, 9.17) is 5.11 Å². The van der Waals surface area contributed by atoms with Gasteiger partial charge in [0.25, 0.3) is 0 Å². The summed E-state index contributed by atoms with van der Waals surface area (Å²) in [5.74, 6) is -1.12. The third-order valence-electron chi connectivity index (χ3n) is 6.84. The number of carbonyl (C=O) groups is 3. The fourth-order valence-corrected chi connectivity index (χ4v) is 5.01. The lowest BCUT2D eigenvalue weighted by atomic mass is 9.87. The second-order valence-electron chi connectivity index (χ2n) is 9.22. The van der Waals surface area contributed by atoms with Crippen LogP contribution in [0.3, 0.4) is 0 Å². The molecule has 0 spiro atoms. The number of unbranched alkanes of at least 4 members (excludes halogenated alkanes) is 2. The Morgan fingerprint density at radius 3 is 2.60 bits per heavy atom. The van der Waals surface area contributed by atoms with E-state index in [1.54, 1.807) is 12.2 Å². The van der Waals surface area contributed by atoms with Crippen molar-refractivity contribution in [3.63, 3.8) is 0 Å². The van der Waals surface area contributed by atoms with Crippen LogP contribution < -0.4 is 0 Å². The van der Waals surface area contributed by atoms with Gasteiger partial charge in [-0.1, -0.05) is 44.8 Å². The Balaban J connectivity index is 1.85. The van der Waals surface area contributed by atoms with Crippen LogP contribution in [0.4, 0.5) is 0 Å². The molecule has 0 bridgehead atoms. The number of aliphatic hydroxyl groups excluding tert-OH is 2. The Hall–Kier alpha value is -1.53. The van der Waals surface area contributed by atoms with Gasteiger partial charge in [-0.3, -0.25) is 14.4 Å². The van der Waals surface area contributed by atoms with E-state index < -0.39 is 30.0 Å². The van der Waals surface area contributed by atoms with Crippen LogP contribution >= 0.6 is 0 Å². The predicted octanol–water partition coefficient (Wildman–Crippen LogP) is 3.68. The van der Waals surface area contributed by atoms with Crippen molar-refractivity contribution < 1.29 is 29.7 Å². The zero-order chi connectivity index (χ0) is 22.1. The number of hydrogen-bond donors (Lipinski definition) is 3. The van der Waals surface area contributed by atoms with E-state index in [0.717, 1.165) is 19.3 Å². The minimum Gasteiger partial charge on any atom is -0.481 e. The summed E-state index contributed by atoms with van der Waals surface area (Å²) < 4.78 is 0. The molecule has 0 aromatic rings. The van der Waals surface area contributed by atoms with Crippen molar-refractivity contribution in [2.75, 3.05) is 0 Å². The Bertz CT molecular complexity index is 613. The largest absolute Gasteiger partial charge is 0.481 e. The number of carboxylic acid groups (broad SMARTS) is 1. The van der Waals surface area contributed by atoms with Crippen molar-refractivity contribution in [1.82, 2.24) is 0 Å². The normalized spacial score (nSPS) is 30.2. The van der Waals surface area contributed by atoms with Crippen LogP contribution in [0, 0.1) is 23.7 Å². The number of ketones is 2. The van der Waals surface area contributed by atoms with Crippen molar-refractivity contribution in [2.24, 2.45) is 23.7 Å². The Labute approximate surface area is 179 Å². The highest BCUT2D eigenvalue weighted by Crippen LogP contribution is 2.38. The maximum absolute atomic E-state index is 12.3. The van der Waals surface area contributed by atoms with Crippen LogP contribution in [-0.2, 0) is 14.4 Å². The van der Waals surface area contributed by atoms with Crippen LogP contribution in [0.15, 0.2) is 12.2 Å². The molecule has 6 atom stereocenters. The first-order valence-electron chi connectivity index (χ1n) is 11.6. The number of rotatable bonds is 13. The summed E-state index contributed by atoms with van der Waals surface area (Å²) in [6.45, 7) is 2.19. The van der Waals surface area contributed by atoms with Crippen molar-refractivity contribution in [2.45, 2.75) is 96.2 Å². The first-order chi connectivity index (χ1) is 14.3. The average Bonchev–Trinajstić information content (AvgIpc) is 3.26. The van der Waals surface area contributed by atoms with Gasteiger partial charge < -0.3 is 15.3 Å². The lowest BCUT2D eigenvalue weighted by molar-refractivity contribution is -0.137. The van der Waals surface area contributed by atoms with Crippen LogP contribution in [0.2, 0.25) is 0 Å². The fourth-order valence-electron chi connectivity index (χ4n) is 5.01. The first-order valence-corrected chi connectivity index (χ1v) is 11.6. The lowest BCUT2D eigenvalue weighted by Gasteiger charge is -2.19. The van der Waals surface area contributed by atoms with Gasteiger partial charge in [0.05, 0.1) is 12.2 Å². The molecule has 6 nitrogen and oxygen atoms in total. The molecule has 0 aromatic carbocycles. The SMILES string of the molecule is CCCC[C@H]1CC[C@H]([C@H](O)/C=C/[C@H]2[C@H](O)CC(=O)[C@@H]2CC(=O)CCCCC(=O)O)C1. The van der Waals surface area contributed by atoms with Gasteiger partial charge in [0.2, 0.25) is 0 Å². The Morgan fingerprint density at radius 1 is 1.17 bits per heavy atom. The Morgan fingerprint density at radius 2 is 1.90 bits per heavy atom. The highest BCUT2D eigenvalue weighted by molar-refractivity contribution is 5.90. The molecule has 2 aliphatic rings. The molecule has 3 N–H and O–H groups in total. The topological polar surface area (TPSA) is 112 Å². The summed E-state index contributed by atoms with van der Waals surface area (Å²) in [6.07, 6.45) is 10.3. The van der Waals surface area contributed by atoms with E-state index in [-0.39, 0.29) is 43.2 Å². The van der Waals surface area contributed by atoms with E-state index in [0.29, 0.717) is 18.8 Å². The maximum Gasteiger partial charge on any atom is 0.303 e. The molecule has 0 radical (unpaired) electrons. The molecule has 2 fully saturated rings. The third-order valence-corrected chi connectivity index (χ3v) is 6.84. The molecule has 0 saturated heterocycles. The monoisotopic (exact) mass is 422 g/mol. The number of Topliss-reactive ketones (excluding diaryl/α,β-unsaturated/α-hetero) is 2. The molecule has 6 heteroatoms. The van der Waals surface area contributed by atoms with E-state index in [2.05, 4.69) is 6.92 Å². The number of aliphatic hydroxyl groups is 2. The highest BCUT2D eigenvalue weighted by Gasteiger charge is 2.41. The number of carboxylic acids is 1. The summed E-state index contributed by atoms with van der Waals surface area (Å²) >= 11 is 0. The van der Waals surface area contributed by atoms with Crippen molar-refractivity contribution in [3.05, 3.63) is 12.2 Å². The number of hydrogen-bond acceptors (Lipinski definition) is 5. The van der Waals surface area contributed by atoms with Gasteiger partial charge in [0.1, 0.15) is 11.6 Å². The second-order valence-corrected chi connectivity index (χ2v) is 9.22. The quantitative estimate of drug-likeness (QED) is 0.308. The second kappa shape index (κ2) is 12.4. The van der Waals surface area contributed by atoms with Gasteiger partial charge in [0.15, 0.2) is 0 Å². The van der Waals surface area contributed by atoms with Crippen LogP contribution in [0.25, 0.3) is 0 Å². The summed E-state index contributed by atoms with van der Waals surface area (Å²) in [6, 6.07) is 0. The van der Waals surface area contributed by atoms with Crippen LogP contribution in [0.1, 0.15) is 84.0 Å². The standard InChI is InChI=1S/C24H38O6/c1-2-3-6-16-9-10-17(13-16)21(26)12-11-19-20(23(28)15-22(19)27)14-18(25)7-4-5-8-24(29)30/h11-12,16-17,19-22,26-27H,2-10,13-15H2,1H3,(H,29,30)/b12-11+/t16-,17-,19+,20+,21+,22+/m0/s1. The molecule has 30 heavy (non-hydrogen) atoms. The summed E-state index contributed by atoms with van der Waals surface area (Å²) in [7, 11) is 0. The first kappa shape index (κ1) is 24.7. The smallest absolute Gasteiger partial charge is 0.303 e. The molecular weight excluding hydrogens is 384 g/mol. The van der Waals surface area contributed by atoms with Crippen molar-refractivity contribution in [1.29, 1.82) is 0 Å². The fraction of sp³-hybridized carbons (Fsp3) is 0.792. The molecule has 2 aliphatic carbocycles. The van der Waals surface area contributed by atoms with Crippen molar-refractivity contribution >= 4 is 17.5 Å². The number of aliphatic carboxylic acids is 1. The van der Waals surface area contributed by atoms with Gasteiger partial charge in [-0.25, -0.2) is 0 Å². The van der Waals surface area contributed by atoms with Gasteiger partial charge in [-0.15, -0.1) is 0 Å². The average molecular weight is 423 g/mol. The number of carbonyl (C=O) groups excluding carboxylic acids is 2. The van der Waals surface area contributed by atoms with Gasteiger partial charge in [-0.05, 0) is 37.5 Å². The zero-order valence-electron chi connectivity index (χ0n) is 18.2. The predicted molar refractivity (Wildman–Crippen MR) is 114 cm³/mol. The maximum atomic E-state index is 12.3. The van der Waals surface area contributed by atoms with E-state index in [1.807, 2.05) is 0 Å².